The number of ether oxygens (including phenoxy) is 1. The maximum atomic E-state index is 13.3. The molecule has 0 radical (unpaired) electrons. The molecule has 4 heteroatoms. The molecule has 166 valence electrons. The van der Waals surface area contributed by atoms with Crippen molar-refractivity contribution in [2.45, 2.75) is 20.8 Å². The van der Waals surface area contributed by atoms with Crippen LogP contribution < -0.4 is 0 Å². The van der Waals surface area contributed by atoms with Crippen LogP contribution >= 0.6 is 31.9 Å². The first kappa shape index (κ1) is 23.5. The molecule has 2 nitrogen and oxygen atoms in total. The Balaban J connectivity index is 2.16. The van der Waals surface area contributed by atoms with E-state index in [-0.39, 0.29) is 5.97 Å². The minimum atomic E-state index is -0.294. The van der Waals surface area contributed by atoms with Crippen LogP contribution in [0.3, 0.4) is 0 Å². The van der Waals surface area contributed by atoms with E-state index in [1.807, 2.05) is 44.2 Å². The summed E-state index contributed by atoms with van der Waals surface area (Å²) in [6, 6.07) is 26.7. The van der Waals surface area contributed by atoms with Gasteiger partial charge in [-0.05, 0) is 84.0 Å². The largest absolute Gasteiger partial charge is 0.462 e. The Labute approximate surface area is 211 Å². The topological polar surface area (TPSA) is 26.3 Å². The summed E-state index contributed by atoms with van der Waals surface area (Å²) in [5, 5.41) is 0. The van der Waals surface area contributed by atoms with Crippen LogP contribution in [0.25, 0.3) is 33.4 Å². The number of hydrogen-bond acceptors (Lipinski definition) is 2. The highest BCUT2D eigenvalue weighted by Gasteiger charge is 2.26. The van der Waals surface area contributed by atoms with Crippen LogP contribution in [-0.4, -0.2) is 12.6 Å². The smallest absolute Gasteiger partial charge is 0.339 e. The molecule has 0 aliphatic rings. The van der Waals surface area contributed by atoms with Crippen LogP contribution in [0.15, 0.2) is 87.8 Å². The fourth-order valence-electron chi connectivity index (χ4n) is 4.38. The predicted octanol–water partition coefficient (Wildman–Crippen LogP) is 9.01. The molecule has 0 aromatic heterocycles. The molecule has 0 heterocycles. The standard InChI is InChI=1S/C29H24Br2O2/c1-4-33-29(32)28-19(3)26(22-12-16-24(31)17-13-22)25(21-10-14-23(30)15-11-21)18(2)27(28)20-8-6-5-7-9-20/h5-17H,4H2,1-3H3. The number of halogens is 2. The number of hydrogen-bond donors (Lipinski definition) is 0. The number of rotatable bonds is 5. The molecular weight excluding hydrogens is 540 g/mol. The Morgan fingerprint density at radius 2 is 1.12 bits per heavy atom. The van der Waals surface area contributed by atoms with Gasteiger partial charge in [-0.25, -0.2) is 4.79 Å². The predicted molar refractivity (Wildman–Crippen MR) is 144 cm³/mol. The first-order valence-corrected chi connectivity index (χ1v) is 12.4. The Bertz CT molecular complexity index is 1290. The van der Waals surface area contributed by atoms with E-state index in [9.17, 15) is 4.79 Å². The molecule has 0 N–H and O–H groups in total. The molecule has 0 fully saturated rings. The highest BCUT2D eigenvalue weighted by molar-refractivity contribution is 9.10. The molecule has 0 saturated heterocycles. The van der Waals surface area contributed by atoms with Crippen molar-refractivity contribution >= 4 is 37.8 Å². The third kappa shape index (κ3) is 4.68. The average Bonchev–Trinajstić information content (AvgIpc) is 2.82. The maximum absolute atomic E-state index is 13.3. The van der Waals surface area contributed by atoms with Crippen molar-refractivity contribution in [1.29, 1.82) is 0 Å². The minimum absolute atomic E-state index is 0.294. The zero-order chi connectivity index (χ0) is 23.5. The summed E-state index contributed by atoms with van der Waals surface area (Å²) in [6.45, 7) is 6.30. The van der Waals surface area contributed by atoms with Gasteiger partial charge in [0.1, 0.15) is 0 Å². The van der Waals surface area contributed by atoms with Gasteiger partial charge in [-0.3, -0.25) is 0 Å². The maximum Gasteiger partial charge on any atom is 0.339 e. The summed E-state index contributed by atoms with van der Waals surface area (Å²) < 4.78 is 7.58. The number of benzene rings is 4. The Hall–Kier alpha value is -2.69. The first-order chi connectivity index (χ1) is 15.9. The van der Waals surface area contributed by atoms with E-state index in [1.165, 1.54) is 0 Å². The van der Waals surface area contributed by atoms with Crippen molar-refractivity contribution in [2.75, 3.05) is 6.61 Å². The lowest BCUT2D eigenvalue weighted by Gasteiger charge is -2.24. The Morgan fingerprint density at radius 3 is 1.61 bits per heavy atom. The molecular formula is C29H24Br2O2. The third-order valence-corrected chi connectivity index (χ3v) is 6.87. The van der Waals surface area contributed by atoms with E-state index in [0.29, 0.717) is 12.2 Å². The highest BCUT2D eigenvalue weighted by atomic mass is 79.9. The SMILES string of the molecule is CCOC(=O)c1c(C)c(-c2ccc(Br)cc2)c(-c2ccc(Br)cc2)c(C)c1-c1ccccc1. The quantitative estimate of drug-likeness (QED) is 0.226. The van der Waals surface area contributed by atoms with Crippen molar-refractivity contribution in [3.63, 3.8) is 0 Å². The third-order valence-electron chi connectivity index (χ3n) is 5.81. The molecule has 0 spiro atoms. The van der Waals surface area contributed by atoms with Gasteiger partial charge in [-0.15, -0.1) is 0 Å². The lowest BCUT2D eigenvalue weighted by atomic mass is 9.80. The van der Waals surface area contributed by atoms with Gasteiger partial charge in [0.25, 0.3) is 0 Å². The normalized spacial score (nSPS) is 10.8. The van der Waals surface area contributed by atoms with Crippen molar-refractivity contribution in [1.82, 2.24) is 0 Å². The summed E-state index contributed by atoms with van der Waals surface area (Å²) in [4.78, 5) is 13.3. The summed E-state index contributed by atoms with van der Waals surface area (Å²) in [7, 11) is 0. The number of esters is 1. The lowest BCUT2D eigenvalue weighted by Crippen LogP contribution is -2.12. The highest BCUT2D eigenvalue weighted by Crippen LogP contribution is 2.45. The van der Waals surface area contributed by atoms with Gasteiger partial charge >= 0.3 is 5.97 Å². The van der Waals surface area contributed by atoms with Crippen molar-refractivity contribution < 1.29 is 9.53 Å². The molecule has 4 rings (SSSR count). The minimum Gasteiger partial charge on any atom is -0.462 e. The Kier molecular flexibility index (Phi) is 7.16. The van der Waals surface area contributed by atoms with Crippen LogP contribution in [0.2, 0.25) is 0 Å². The van der Waals surface area contributed by atoms with Crippen molar-refractivity contribution in [3.8, 4) is 33.4 Å². The van der Waals surface area contributed by atoms with E-state index in [1.54, 1.807) is 0 Å². The van der Waals surface area contributed by atoms with Crippen LogP contribution in [0.5, 0.6) is 0 Å². The zero-order valence-corrected chi connectivity index (χ0v) is 22.0. The van der Waals surface area contributed by atoms with Crippen LogP contribution in [0.4, 0.5) is 0 Å². The summed E-state index contributed by atoms with van der Waals surface area (Å²) >= 11 is 7.10. The summed E-state index contributed by atoms with van der Waals surface area (Å²) in [5.74, 6) is -0.294. The van der Waals surface area contributed by atoms with Gasteiger partial charge in [-0.1, -0.05) is 86.5 Å². The van der Waals surface area contributed by atoms with E-state index in [2.05, 4.69) is 87.3 Å². The molecule has 0 aliphatic carbocycles. The van der Waals surface area contributed by atoms with E-state index in [0.717, 1.165) is 53.5 Å². The zero-order valence-electron chi connectivity index (χ0n) is 18.8. The van der Waals surface area contributed by atoms with Gasteiger partial charge in [0, 0.05) is 14.5 Å². The van der Waals surface area contributed by atoms with Gasteiger partial charge in [0.2, 0.25) is 0 Å². The second-order valence-corrected chi connectivity index (χ2v) is 9.68. The van der Waals surface area contributed by atoms with Gasteiger partial charge < -0.3 is 4.74 Å². The molecule has 4 aromatic carbocycles. The molecule has 0 amide bonds. The monoisotopic (exact) mass is 562 g/mol. The molecule has 4 aromatic rings. The van der Waals surface area contributed by atoms with E-state index in [4.69, 9.17) is 4.74 Å². The fraction of sp³-hybridized carbons (Fsp3) is 0.138. The molecule has 0 atom stereocenters. The van der Waals surface area contributed by atoms with Gasteiger partial charge in [0.15, 0.2) is 0 Å². The second kappa shape index (κ2) is 10.1. The van der Waals surface area contributed by atoms with Crippen molar-refractivity contribution in [3.05, 3.63) is 104 Å². The van der Waals surface area contributed by atoms with Crippen LogP contribution in [0.1, 0.15) is 28.4 Å². The van der Waals surface area contributed by atoms with E-state index >= 15 is 0 Å². The average molecular weight is 564 g/mol. The van der Waals surface area contributed by atoms with Crippen LogP contribution in [0, 0.1) is 13.8 Å². The molecule has 0 unspecified atom stereocenters. The fourth-order valence-corrected chi connectivity index (χ4v) is 4.91. The van der Waals surface area contributed by atoms with Crippen LogP contribution in [-0.2, 0) is 4.74 Å². The molecule has 0 aliphatic heterocycles. The van der Waals surface area contributed by atoms with Crippen molar-refractivity contribution in [2.24, 2.45) is 0 Å². The molecule has 33 heavy (non-hydrogen) atoms. The van der Waals surface area contributed by atoms with E-state index < -0.39 is 0 Å². The summed E-state index contributed by atoms with van der Waals surface area (Å²) in [6.07, 6.45) is 0. The summed E-state index contributed by atoms with van der Waals surface area (Å²) in [5.41, 5.74) is 8.84. The molecule has 0 saturated carbocycles. The van der Waals surface area contributed by atoms with Gasteiger partial charge in [0.05, 0.1) is 12.2 Å². The molecule has 0 bridgehead atoms. The first-order valence-electron chi connectivity index (χ1n) is 10.8. The number of carbonyl (C=O) groups excluding carboxylic acids is 1. The lowest BCUT2D eigenvalue weighted by molar-refractivity contribution is 0.0526. The Morgan fingerprint density at radius 1 is 0.667 bits per heavy atom. The second-order valence-electron chi connectivity index (χ2n) is 7.85. The number of carbonyl (C=O) groups is 1. The van der Waals surface area contributed by atoms with Gasteiger partial charge in [-0.2, -0.15) is 0 Å².